The zero-order chi connectivity index (χ0) is 11.4. The number of rotatable bonds is 4. The summed E-state index contributed by atoms with van der Waals surface area (Å²) in [5, 5.41) is 8.60. The van der Waals surface area contributed by atoms with E-state index in [-0.39, 0.29) is 6.42 Å². The van der Waals surface area contributed by atoms with Gasteiger partial charge in [0.25, 0.3) is 0 Å². The fraction of sp³-hybridized carbons (Fsp3) is 0.778. The molecule has 0 unspecified atom stereocenters. The van der Waals surface area contributed by atoms with Crippen LogP contribution < -0.4 is 0 Å². The van der Waals surface area contributed by atoms with E-state index in [0.29, 0.717) is 12.6 Å². The van der Waals surface area contributed by atoms with Crippen LogP contribution in [-0.4, -0.2) is 50.3 Å². The van der Waals surface area contributed by atoms with Gasteiger partial charge in [0.2, 0.25) is 0 Å². The minimum Gasteiger partial charge on any atom is -0.481 e. The van der Waals surface area contributed by atoms with Crippen molar-refractivity contribution < 1.29 is 9.90 Å². The van der Waals surface area contributed by atoms with E-state index < -0.39 is 5.97 Å². The van der Waals surface area contributed by atoms with Crippen LogP contribution >= 0.6 is 24.0 Å². The summed E-state index contributed by atoms with van der Waals surface area (Å²) in [5.74, 6) is 0.0549. The number of hydrogen-bond donors (Lipinski definition) is 1. The van der Waals surface area contributed by atoms with Crippen molar-refractivity contribution in [2.75, 3.05) is 19.1 Å². The van der Waals surface area contributed by atoms with E-state index in [2.05, 4.69) is 23.6 Å². The van der Waals surface area contributed by atoms with Crippen LogP contribution in [0.3, 0.4) is 0 Å². The highest BCUT2D eigenvalue weighted by atomic mass is 32.2. The molecule has 0 amide bonds. The fourth-order valence-corrected chi connectivity index (χ4v) is 2.67. The summed E-state index contributed by atoms with van der Waals surface area (Å²) in [6, 6.07) is 0.373. The summed E-state index contributed by atoms with van der Waals surface area (Å²) in [4.78, 5) is 14.7. The highest BCUT2D eigenvalue weighted by molar-refractivity contribution is 8.22. The van der Waals surface area contributed by atoms with Gasteiger partial charge < -0.3 is 10.0 Å². The zero-order valence-electron chi connectivity index (χ0n) is 8.97. The lowest BCUT2D eigenvalue weighted by atomic mass is 10.3. The lowest BCUT2D eigenvalue weighted by Gasteiger charge is -2.38. The number of nitrogens with zero attached hydrogens (tertiary/aromatic N) is 2. The first kappa shape index (κ1) is 12.7. The molecular formula is C9H16N2O2S2. The van der Waals surface area contributed by atoms with Crippen molar-refractivity contribution in [3.8, 4) is 0 Å². The van der Waals surface area contributed by atoms with Gasteiger partial charge in [0.1, 0.15) is 4.32 Å². The molecule has 0 aliphatic carbocycles. The van der Waals surface area contributed by atoms with Crippen LogP contribution in [-0.2, 0) is 4.79 Å². The summed E-state index contributed by atoms with van der Waals surface area (Å²) in [5.41, 5.74) is 0. The van der Waals surface area contributed by atoms with Gasteiger partial charge in [-0.15, -0.1) is 0 Å². The topological polar surface area (TPSA) is 43.8 Å². The molecule has 1 N–H and O–H groups in total. The minimum absolute atomic E-state index is 0.194. The van der Waals surface area contributed by atoms with Crippen LogP contribution in [0, 0.1) is 0 Å². The quantitative estimate of drug-likeness (QED) is 0.759. The third-order valence-corrected chi connectivity index (χ3v) is 3.79. The number of carboxylic acids is 1. The molecule has 1 aliphatic rings. The van der Waals surface area contributed by atoms with Gasteiger partial charge >= 0.3 is 5.97 Å². The van der Waals surface area contributed by atoms with E-state index in [0.717, 1.165) is 16.9 Å². The van der Waals surface area contributed by atoms with E-state index in [4.69, 9.17) is 17.3 Å². The van der Waals surface area contributed by atoms with E-state index in [9.17, 15) is 4.79 Å². The normalized spacial score (nSPS) is 18.6. The van der Waals surface area contributed by atoms with E-state index in [1.54, 1.807) is 11.8 Å². The molecule has 86 valence electrons. The Bertz CT molecular complexity index is 258. The van der Waals surface area contributed by atoms with Gasteiger partial charge in [0.05, 0.1) is 19.0 Å². The number of hydrogen-bond acceptors (Lipinski definition) is 4. The second-order valence-electron chi connectivity index (χ2n) is 3.78. The van der Waals surface area contributed by atoms with Gasteiger partial charge in [-0.05, 0) is 13.8 Å². The molecule has 0 saturated carbocycles. The van der Waals surface area contributed by atoms with Crippen molar-refractivity contribution in [1.82, 2.24) is 9.80 Å². The van der Waals surface area contributed by atoms with Gasteiger partial charge in [0.15, 0.2) is 0 Å². The molecule has 1 rings (SSSR count). The van der Waals surface area contributed by atoms with E-state index in [1.807, 2.05) is 0 Å². The monoisotopic (exact) mass is 248 g/mol. The van der Waals surface area contributed by atoms with Crippen LogP contribution in [0.2, 0.25) is 0 Å². The lowest BCUT2D eigenvalue weighted by molar-refractivity contribution is -0.137. The standard InChI is InChI=1S/C9H16N2O2S2/c1-7(2)11-5-10(4-3-8(12)13)6-15-9(11)14/h7H,3-6H2,1-2H3,(H,12,13). The minimum atomic E-state index is -0.746. The molecule has 15 heavy (non-hydrogen) atoms. The van der Waals surface area contributed by atoms with Crippen molar-refractivity contribution in [1.29, 1.82) is 0 Å². The molecule has 0 spiro atoms. The Kier molecular flexibility index (Phi) is 4.82. The van der Waals surface area contributed by atoms with Crippen LogP contribution in [0.15, 0.2) is 0 Å². The SMILES string of the molecule is CC(C)N1CN(CCC(=O)O)CSC1=S. The predicted molar refractivity (Wildman–Crippen MR) is 65.9 cm³/mol. The number of carboxylic acid groups (broad SMARTS) is 1. The van der Waals surface area contributed by atoms with E-state index in [1.165, 1.54) is 0 Å². The van der Waals surface area contributed by atoms with Crippen molar-refractivity contribution >= 4 is 34.3 Å². The summed E-state index contributed by atoms with van der Waals surface area (Å²) < 4.78 is 0.913. The highest BCUT2D eigenvalue weighted by Gasteiger charge is 2.23. The summed E-state index contributed by atoms with van der Waals surface area (Å²) in [6.07, 6.45) is 0.194. The molecule has 0 radical (unpaired) electrons. The Morgan fingerprint density at radius 1 is 1.67 bits per heavy atom. The van der Waals surface area contributed by atoms with Gasteiger partial charge in [-0.1, -0.05) is 24.0 Å². The van der Waals surface area contributed by atoms with Gasteiger partial charge in [0, 0.05) is 12.6 Å². The molecule has 4 nitrogen and oxygen atoms in total. The smallest absolute Gasteiger partial charge is 0.304 e. The summed E-state index contributed by atoms with van der Waals surface area (Å²) in [6.45, 7) is 5.52. The largest absolute Gasteiger partial charge is 0.481 e. The average Bonchev–Trinajstić information content (AvgIpc) is 2.16. The van der Waals surface area contributed by atoms with Crippen molar-refractivity contribution in [2.24, 2.45) is 0 Å². The molecule has 0 bridgehead atoms. The van der Waals surface area contributed by atoms with Crippen LogP contribution in [0.5, 0.6) is 0 Å². The zero-order valence-corrected chi connectivity index (χ0v) is 10.6. The van der Waals surface area contributed by atoms with Crippen molar-refractivity contribution in [3.05, 3.63) is 0 Å². The van der Waals surface area contributed by atoms with Gasteiger partial charge in [-0.2, -0.15) is 0 Å². The first-order valence-corrected chi connectivity index (χ1v) is 6.27. The maximum absolute atomic E-state index is 10.4. The Labute approximate surface area is 99.6 Å². The highest BCUT2D eigenvalue weighted by Crippen LogP contribution is 2.20. The second kappa shape index (κ2) is 5.67. The third kappa shape index (κ3) is 3.96. The molecule has 0 aromatic heterocycles. The molecule has 1 aliphatic heterocycles. The molecule has 0 aromatic carbocycles. The molecule has 1 saturated heterocycles. The summed E-state index contributed by atoms with van der Waals surface area (Å²) >= 11 is 6.84. The van der Waals surface area contributed by atoms with Crippen LogP contribution in [0.1, 0.15) is 20.3 Å². The fourth-order valence-electron chi connectivity index (χ4n) is 1.31. The van der Waals surface area contributed by atoms with Crippen molar-refractivity contribution in [3.63, 3.8) is 0 Å². The molecule has 0 atom stereocenters. The van der Waals surface area contributed by atoms with Gasteiger partial charge in [-0.25, -0.2) is 0 Å². The molecule has 6 heteroatoms. The number of carbonyl (C=O) groups is 1. The van der Waals surface area contributed by atoms with E-state index >= 15 is 0 Å². The molecule has 1 fully saturated rings. The molecule has 1 heterocycles. The predicted octanol–water partition coefficient (Wildman–Crippen LogP) is 1.42. The number of thioether (sulfide) groups is 1. The third-order valence-electron chi connectivity index (χ3n) is 2.22. The van der Waals surface area contributed by atoms with Crippen LogP contribution in [0.25, 0.3) is 0 Å². The number of thiocarbonyl (C=S) groups is 1. The Balaban J connectivity index is 2.43. The van der Waals surface area contributed by atoms with Crippen LogP contribution in [0.4, 0.5) is 0 Å². The summed E-state index contributed by atoms with van der Waals surface area (Å²) in [7, 11) is 0. The Hall–Kier alpha value is -0.330. The first-order valence-electron chi connectivity index (χ1n) is 4.88. The maximum Gasteiger partial charge on any atom is 0.304 e. The van der Waals surface area contributed by atoms with Gasteiger partial charge in [-0.3, -0.25) is 9.69 Å². The average molecular weight is 248 g/mol. The second-order valence-corrected chi connectivity index (χ2v) is 5.36. The number of aliphatic carboxylic acids is 1. The Morgan fingerprint density at radius 3 is 2.87 bits per heavy atom. The maximum atomic E-state index is 10.4. The molecule has 0 aromatic rings. The molecular weight excluding hydrogens is 232 g/mol. The lowest BCUT2D eigenvalue weighted by Crippen LogP contribution is -2.48. The first-order chi connectivity index (χ1) is 7.00. The Morgan fingerprint density at radius 2 is 2.33 bits per heavy atom. The van der Waals surface area contributed by atoms with Crippen molar-refractivity contribution in [2.45, 2.75) is 26.3 Å².